The van der Waals surface area contributed by atoms with E-state index >= 15 is 0 Å². The zero-order valence-corrected chi connectivity index (χ0v) is 16.4. The fourth-order valence-electron chi connectivity index (χ4n) is 2.49. The Morgan fingerprint density at radius 2 is 1.74 bits per heavy atom. The normalized spacial score (nSPS) is 11.8. The SMILES string of the molecule is CC(=O)c1ccc(-c2ccc(N)c(NC(=O)c3ccc(S(C)=O)cc3)c2)s1. The van der Waals surface area contributed by atoms with Crippen molar-refractivity contribution in [1.82, 2.24) is 0 Å². The summed E-state index contributed by atoms with van der Waals surface area (Å²) in [6.45, 7) is 1.53. The lowest BCUT2D eigenvalue weighted by Gasteiger charge is -2.10. The van der Waals surface area contributed by atoms with Crippen LogP contribution in [0.1, 0.15) is 27.0 Å². The predicted octanol–water partition coefficient (Wildman–Crippen LogP) is 4.19. The number of nitrogens with one attached hydrogen (secondary N) is 1. The molecule has 0 aliphatic carbocycles. The van der Waals surface area contributed by atoms with Crippen molar-refractivity contribution in [2.45, 2.75) is 11.8 Å². The Morgan fingerprint density at radius 3 is 2.33 bits per heavy atom. The number of rotatable bonds is 5. The summed E-state index contributed by atoms with van der Waals surface area (Å²) in [5, 5.41) is 2.81. The van der Waals surface area contributed by atoms with E-state index in [1.165, 1.54) is 18.3 Å². The van der Waals surface area contributed by atoms with Gasteiger partial charge in [-0.2, -0.15) is 0 Å². The number of amides is 1. The fourth-order valence-corrected chi connectivity index (χ4v) is 3.91. The lowest BCUT2D eigenvalue weighted by Crippen LogP contribution is -2.13. The number of Topliss-reactive ketones (excluding diaryl/α,β-unsaturated/α-hetero) is 1. The molecular weight excluding hydrogens is 380 g/mol. The van der Waals surface area contributed by atoms with Gasteiger partial charge in [-0.15, -0.1) is 11.3 Å². The van der Waals surface area contributed by atoms with Crippen LogP contribution in [0.25, 0.3) is 10.4 Å². The zero-order chi connectivity index (χ0) is 19.6. The molecule has 1 unspecified atom stereocenters. The molecule has 1 aromatic heterocycles. The van der Waals surface area contributed by atoms with Crippen molar-refractivity contribution in [3.8, 4) is 10.4 Å². The second kappa shape index (κ2) is 7.85. The highest BCUT2D eigenvalue weighted by molar-refractivity contribution is 7.84. The number of benzene rings is 2. The lowest BCUT2D eigenvalue weighted by atomic mass is 10.1. The maximum Gasteiger partial charge on any atom is 0.255 e. The molecule has 7 heteroatoms. The van der Waals surface area contributed by atoms with Crippen LogP contribution in [0.4, 0.5) is 11.4 Å². The van der Waals surface area contributed by atoms with E-state index in [0.717, 1.165) is 10.4 Å². The van der Waals surface area contributed by atoms with Crippen LogP contribution in [0.15, 0.2) is 59.5 Å². The zero-order valence-electron chi connectivity index (χ0n) is 14.8. The van der Waals surface area contributed by atoms with Gasteiger partial charge >= 0.3 is 0 Å². The maximum absolute atomic E-state index is 12.5. The van der Waals surface area contributed by atoms with Gasteiger partial charge in [0.2, 0.25) is 0 Å². The molecule has 3 rings (SSSR count). The van der Waals surface area contributed by atoms with Crippen molar-refractivity contribution < 1.29 is 13.8 Å². The van der Waals surface area contributed by atoms with Crippen LogP contribution >= 0.6 is 11.3 Å². The molecule has 3 aromatic rings. The van der Waals surface area contributed by atoms with E-state index in [4.69, 9.17) is 5.73 Å². The van der Waals surface area contributed by atoms with Crippen LogP contribution in [0.5, 0.6) is 0 Å². The summed E-state index contributed by atoms with van der Waals surface area (Å²) < 4.78 is 11.5. The van der Waals surface area contributed by atoms with E-state index in [0.29, 0.717) is 26.7 Å². The molecule has 0 radical (unpaired) electrons. The minimum absolute atomic E-state index is 0.0201. The molecule has 0 bridgehead atoms. The highest BCUT2D eigenvalue weighted by Gasteiger charge is 2.12. The van der Waals surface area contributed by atoms with Crippen molar-refractivity contribution in [2.75, 3.05) is 17.3 Å². The minimum atomic E-state index is -1.09. The summed E-state index contributed by atoms with van der Waals surface area (Å²) in [6.07, 6.45) is 1.59. The minimum Gasteiger partial charge on any atom is -0.397 e. The van der Waals surface area contributed by atoms with Crippen molar-refractivity contribution in [3.63, 3.8) is 0 Å². The summed E-state index contributed by atoms with van der Waals surface area (Å²) >= 11 is 1.40. The van der Waals surface area contributed by atoms with E-state index in [2.05, 4.69) is 5.32 Å². The molecule has 0 spiro atoms. The van der Waals surface area contributed by atoms with E-state index < -0.39 is 10.8 Å². The smallest absolute Gasteiger partial charge is 0.255 e. The molecule has 5 nitrogen and oxygen atoms in total. The number of ketones is 1. The number of nitrogens with two attached hydrogens (primary N) is 1. The summed E-state index contributed by atoms with van der Waals surface area (Å²) in [5.41, 5.74) is 8.27. The number of carbonyl (C=O) groups excluding carboxylic acids is 2. The van der Waals surface area contributed by atoms with Gasteiger partial charge in [-0.25, -0.2) is 0 Å². The van der Waals surface area contributed by atoms with Gasteiger partial charge in [0.05, 0.1) is 16.3 Å². The average Bonchev–Trinajstić information content (AvgIpc) is 3.14. The highest BCUT2D eigenvalue weighted by Crippen LogP contribution is 2.32. The Hall–Kier alpha value is -2.77. The van der Waals surface area contributed by atoms with Crippen LogP contribution in [0, 0.1) is 0 Å². The molecule has 1 heterocycles. The molecule has 1 atom stereocenters. The Labute approximate surface area is 163 Å². The number of thiophene rings is 1. The van der Waals surface area contributed by atoms with Crippen LogP contribution < -0.4 is 11.1 Å². The van der Waals surface area contributed by atoms with Gasteiger partial charge in [0.1, 0.15) is 0 Å². The first kappa shape index (κ1) is 19.0. The van der Waals surface area contributed by atoms with Crippen molar-refractivity contribution in [2.24, 2.45) is 0 Å². The predicted molar refractivity (Wildman–Crippen MR) is 111 cm³/mol. The number of carbonyl (C=O) groups is 2. The number of nitrogen functional groups attached to an aromatic ring is 1. The summed E-state index contributed by atoms with van der Waals surface area (Å²) in [7, 11) is -1.09. The fraction of sp³-hybridized carbons (Fsp3) is 0.100. The standard InChI is InChI=1S/C20H18N2O3S2/c1-12(23)18-9-10-19(26-18)14-5-8-16(21)17(11-14)22-20(24)13-3-6-15(7-4-13)27(2)25/h3-11H,21H2,1-2H3,(H,22,24). The van der Waals surface area contributed by atoms with E-state index in [-0.39, 0.29) is 11.7 Å². The molecule has 2 aromatic carbocycles. The van der Waals surface area contributed by atoms with Gasteiger partial charge in [0, 0.05) is 32.4 Å². The van der Waals surface area contributed by atoms with Crippen LogP contribution in [0.2, 0.25) is 0 Å². The van der Waals surface area contributed by atoms with Gasteiger partial charge in [0.25, 0.3) is 5.91 Å². The average molecular weight is 399 g/mol. The highest BCUT2D eigenvalue weighted by atomic mass is 32.2. The van der Waals surface area contributed by atoms with Crippen molar-refractivity contribution >= 4 is 45.2 Å². The quantitative estimate of drug-likeness (QED) is 0.498. The van der Waals surface area contributed by atoms with Gasteiger partial charge in [-0.1, -0.05) is 6.07 Å². The van der Waals surface area contributed by atoms with Gasteiger partial charge in [0.15, 0.2) is 5.78 Å². The summed E-state index contributed by atoms with van der Waals surface area (Å²) in [6, 6.07) is 15.6. The third kappa shape index (κ3) is 4.32. The Balaban J connectivity index is 1.84. The number of hydrogen-bond acceptors (Lipinski definition) is 5. The third-order valence-electron chi connectivity index (χ3n) is 3.99. The number of hydrogen-bond donors (Lipinski definition) is 2. The molecule has 0 aliphatic heterocycles. The Kier molecular flexibility index (Phi) is 5.53. The van der Waals surface area contributed by atoms with Gasteiger partial charge in [-0.05, 0) is 61.0 Å². The summed E-state index contributed by atoms with van der Waals surface area (Å²) in [4.78, 5) is 26.3. The molecule has 27 heavy (non-hydrogen) atoms. The van der Waals surface area contributed by atoms with E-state index in [1.54, 1.807) is 48.7 Å². The van der Waals surface area contributed by atoms with Crippen molar-refractivity contribution in [1.29, 1.82) is 0 Å². The second-order valence-corrected chi connectivity index (χ2v) is 8.42. The molecule has 138 valence electrons. The Bertz CT molecular complexity index is 1040. The topological polar surface area (TPSA) is 89.3 Å². The van der Waals surface area contributed by atoms with Gasteiger partial charge in [-0.3, -0.25) is 13.8 Å². The van der Waals surface area contributed by atoms with Crippen LogP contribution in [-0.2, 0) is 10.8 Å². The summed E-state index contributed by atoms with van der Waals surface area (Å²) in [5.74, 6) is -0.283. The van der Waals surface area contributed by atoms with E-state index in [1.807, 2.05) is 12.1 Å². The lowest BCUT2D eigenvalue weighted by molar-refractivity contribution is 0.101. The Morgan fingerprint density at radius 1 is 1.04 bits per heavy atom. The third-order valence-corrected chi connectivity index (χ3v) is 6.16. The second-order valence-electron chi connectivity index (χ2n) is 5.95. The first-order chi connectivity index (χ1) is 12.8. The molecular formula is C20H18N2O3S2. The van der Waals surface area contributed by atoms with E-state index in [9.17, 15) is 13.8 Å². The maximum atomic E-state index is 12.5. The van der Waals surface area contributed by atoms with Gasteiger partial charge < -0.3 is 11.1 Å². The first-order valence-electron chi connectivity index (χ1n) is 8.10. The van der Waals surface area contributed by atoms with Crippen molar-refractivity contribution in [3.05, 3.63) is 65.0 Å². The van der Waals surface area contributed by atoms with Crippen LogP contribution in [-0.4, -0.2) is 22.2 Å². The molecule has 0 aliphatic rings. The molecule has 1 amide bonds. The largest absolute Gasteiger partial charge is 0.397 e. The monoisotopic (exact) mass is 398 g/mol. The molecule has 0 saturated carbocycles. The molecule has 0 fully saturated rings. The molecule has 3 N–H and O–H groups in total. The molecule has 0 saturated heterocycles. The number of anilines is 2. The first-order valence-corrected chi connectivity index (χ1v) is 10.5. The van der Waals surface area contributed by atoms with Crippen LogP contribution in [0.3, 0.4) is 0 Å².